The van der Waals surface area contributed by atoms with Gasteiger partial charge in [-0.3, -0.25) is 4.90 Å². The van der Waals surface area contributed by atoms with E-state index in [4.69, 9.17) is 0 Å². The standard InChI is InChI=1S/C21H35N5O/c1-23(2)16-19-7-5-18(6-8-19)15-22-20(27)26-14-13-25(4)21(17-26)9-11-24(3)12-10-21/h5-8H,9-17H2,1-4H3,(H,22,27). The number of carbonyl (C=O) groups is 1. The quantitative estimate of drug-likeness (QED) is 0.872. The molecule has 0 atom stereocenters. The third-order valence-corrected chi connectivity index (χ3v) is 6.17. The van der Waals surface area contributed by atoms with Crippen molar-refractivity contribution in [2.75, 3.05) is 60.9 Å². The van der Waals surface area contributed by atoms with Gasteiger partial charge in [-0.2, -0.15) is 0 Å². The summed E-state index contributed by atoms with van der Waals surface area (Å²) < 4.78 is 0. The number of likely N-dealkylation sites (N-methyl/N-ethyl adjacent to an activating group) is 1. The first-order chi connectivity index (χ1) is 12.9. The molecular weight excluding hydrogens is 338 g/mol. The Morgan fingerprint density at radius 3 is 2.30 bits per heavy atom. The number of hydrogen-bond donors (Lipinski definition) is 1. The van der Waals surface area contributed by atoms with E-state index in [0.29, 0.717) is 6.54 Å². The number of amides is 2. The number of nitrogens with zero attached hydrogens (tertiary/aromatic N) is 4. The summed E-state index contributed by atoms with van der Waals surface area (Å²) in [6, 6.07) is 8.58. The monoisotopic (exact) mass is 373 g/mol. The maximum atomic E-state index is 12.8. The predicted octanol–water partition coefficient (Wildman–Crippen LogP) is 1.67. The average molecular weight is 374 g/mol. The van der Waals surface area contributed by atoms with Crippen LogP contribution in [0, 0.1) is 0 Å². The van der Waals surface area contributed by atoms with Crippen molar-refractivity contribution in [3.05, 3.63) is 35.4 Å². The average Bonchev–Trinajstić information content (AvgIpc) is 2.65. The van der Waals surface area contributed by atoms with E-state index in [1.54, 1.807) is 0 Å². The van der Waals surface area contributed by atoms with Crippen LogP contribution in [-0.2, 0) is 13.1 Å². The summed E-state index contributed by atoms with van der Waals surface area (Å²) in [6.45, 7) is 6.34. The zero-order valence-electron chi connectivity index (χ0n) is 17.4. The molecule has 1 aromatic carbocycles. The van der Waals surface area contributed by atoms with Crippen molar-refractivity contribution in [2.24, 2.45) is 0 Å². The largest absolute Gasteiger partial charge is 0.334 e. The Morgan fingerprint density at radius 2 is 1.67 bits per heavy atom. The van der Waals surface area contributed by atoms with Gasteiger partial charge in [-0.1, -0.05) is 24.3 Å². The Balaban J connectivity index is 1.53. The van der Waals surface area contributed by atoms with Crippen molar-refractivity contribution in [3.8, 4) is 0 Å². The van der Waals surface area contributed by atoms with E-state index in [9.17, 15) is 4.79 Å². The third-order valence-electron chi connectivity index (χ3n) is 6.17. The Kier molecular flexibility index (Phi) is 6.40. The summed E-state index contributed by atoms with van der Waals surface area (Å²) in [4.78, 5) is 21.8. The number of piperazine rings is 1. The second-order valence-electron chi connectivity index (χ2n) is 8.58. The number of likely N-dealkylation sites (tertiary alicyclic amines) is 1. The first-order valence-corrected chi connectivity index (χ1v) is 10.0. The number of carbonyl (C=O) groups excluding carboxylic acids is 1. The van der Waals surface area contributed by atoms with Crippen LogP contribution < -0.4 is 5.32 Å². The Hall–Kier alpha value is -1.63. The Bertz CT molecular complexity index is 622. The van der Waals surface area contributed by atoms with Crippen molar-refractivity contribution >= 4 is 6.03 Å². The van der Waals surface area contributed by atoms with Gasteiger partial charge in [-0.15, -0.1) is 0 Å². The molecule has 0 aliphatic carbocycles. The maximum Gasteiger partial charge on any atom is 0.317 e. The minimum Gasteiger partial charge on any atom is -0.334 e. The maximum absolute atomic E-state index is 12.8. The van der Waals surface area contributed by atoms with Crippen LogP contribution in [0.5, 0.6) is 0 Å². The molecule has 1 N–H and O–H groups in total. The Morgan fingerprint density at radius 1 is 1.04 bits per heavy atom. The molecule has 2 saturated heterocycles. The molecule has 2 aliphatic heterocycles. The van der Waals surface area contributed by atoms with Gasteiger partial charge in [0, 0.05) is 38.3 Å². The van der Waals surface area contributed by atoms with Gasteiger partial charge in [-0.05, 0) is 65.2 Å². The highest BCUT2D eigenvalue weighted by Crippen LogP contribution is 2.31. The van der Waals surface area contributed by atoms with Crippen molar-refractivity contribution < 1.29 is 4.79 Å². The van der Waals surface area contributed by atoms with Crippen molar-refractivity contribution in [2.45, 2.75) is 31.5 Å². The van der Waals surface area contributed by atoms with Gasteiger partial charge in [0.15, 0.2) is 0 Å². The van der Waals surface area contributed by atoms with Crippen LogP contribution in [0.3, 0.4) is 0 Å². The van der Waals surface area contributed by atoms with E-state index in [1.807, 2.05) is 4.90 Å². The minimum atomic E-state index is 0.0683. The van der Waals surface area contributed by atoms with Crippen molar-refractivity contribution in [1.29, 1.82) is 0 Å². The van der Waals surface area contributed by atoms with Crippen LogP contribution in [-0.4, -0.2) is 92.1 Å². The first kappa shape index (κ1) is 20.1. The molecule has 1 spiro atoms. The lowest BCUT2D eigenvalue weighted by molar-refractivity contribution is -0.00966. The summed E-state index contributed by atoms with van der Waals surface area (Å²) in [5.74, 6) is 0. The highest BCUT2D eigenvalue weighted by atomic mass is 16.2. The van der Waals surface area contributed by atoms with E-state index in [0.717, 1.165) is 57.7 Å². The van der Waals surface area contributed by atoms with E-state index >= 15 is 0 Å². The fourth-order valence-corrected chi connectivity index (χ4v) is 4.23. The number of nitrogens with one attached hydrogen (secondary N) is 1. The summed E-state index contributed by atoms with van der Waals surface area (Å²) in [5.41, 5.74) is 2.59. The molecule has 2 aliphatic rings. The van der Waals surface area contributed by atoms with Gasteiger partial charge >= 0.3 is 6.03 Å². The fourth-order valence-electron chi connectivity index (χ4n) is 4.23. The molecule has 2 heterocycles. The van der Waals surface area contributed by atoms with Crippen LogP contribution in [0.2, 0.25) is 0 Å². The van der Waals surface area contributed by atoms with Gasteiger partial charge in [0.05, 0.1) is 0 Å². The van der Waals surface area contributed by atoms with Crippen molar-refractivity contribution in [1.82, 2.24) is 24.9 Å². The summed E-state index contributed by atoms with van der Waals surface area (Å²) in [7, 11) is 8.54. The molecule has 2 fully saturated rings. The molecular formula is C21H35N5O. The SMILES string of the molecule is CN(C)Cc1ccc(CNC(=O)N2CCN(C)C3(CCN(C)CC3)C2)cc1. The molecule has 0 saturated carbocycles. The van der Waals surface area contributed by atoms with Gasteiger partial charge in [0.2, 0.25) is 0 Å². The summed E-state index contributed by atoms with van der Waals surface area (Å²) in [6.07, 6.45) is 2.27. The number of benzene rings is 1. The lowest BCUT2D eigenvalue weighted by Gasteiger charge is -2.52. The van der Waals surface area contributed by atoms with E-state index in [-0.39, 0.29) is 11.6 Å². The van der Waals surface area contributed by atoms with Crippen LogP contribution in [0.25, 0.3) is 0 Å². The van der Waals surface area contributed by atoms with E-state index in [1.165, 1.54) is 5.56 Å². The van der Waals surface area contributed by atoms with Gasteiger partial charge in [0.1, 0.15) is 0 Å². The fraction of sp³-hybridized carbons (Fsp3) is 0.667. The molecule has 6 heteroatoms. The number of hydrogen-bond acceptors (Lipinski definition) is 4. The predicted molar refractivity (Wildman–Crippen MR) is 110 cm³/mol. The smallest absolute Gasteiger partial charge is 0.317 e. The lowest BCUT2D eigenvalue weighted by atomic mass is 9.84. The van der Waals surface area contributed by atoms with E-state index in [2.05, 4.69) is 72.5 Å². The zero-order valence-corrected chi connectivity index (χ0v) is 17.4. The first-order valence-electron chi connectivity index (χ1n) is 10.0. The second kappa shape index (κ2) is 8.59. The van der Waals surface area contributed by atoms with Gasteiger partial charge in [-0.25, -0.2) is 4.79 Å². The molecule has 1 aromatic rings. The number of piperidine rings is 1. The number of rotatable bonds is 4. The summed E-state index contributed by atoms with van der Waals surface area (Å²) in [5, 5.41) is 3.12. The molecule has 6 nitrogen and oxygen atoms in total. The van der Waals surface area contributed by atoms with E-state index < -0.39 is 0 Å². The molecule has 3 rings (SSSR count). The molecule has 0 radical (unpaired) electrons. The molecule has 150 valence electrons. The Labute approximate surface area is 164 Å². The minimum absolute atomic E-state index is 0.0683. The molecule has 2 amide bonds. The van der Waals surface area contributed by atoms with Gasteiger partial charge in [0.25, 0.3) is 0 Å². The molecule has 0 aromatic heterocycles. The highest BCUT2D eigenvalue weighted by molar-refractivity contribution is 5.74. The summed E-state index contributed by atoms with van der Waals surface area (Å²) >= 11 is 0. The lowest BCUT2D eigenvalue weighted by Crippen LogP contribution is -2.65. The third kappa shape index (κ3) is 5.00. The normalized spacial score (nSPS) is 21.0. The highest BCUT2D eigenvalue weighted by Gasteiger charge is 2.42. The van der Waals surface area contributed by atoms with Crippen LogP contribution in [0.1, 0.15) is 24.0 Å². The molecule has 27 heavy (non-hydrogen) atoms. The van der Waals surface area contributed by atoms with Crippen molar-refractivity contribution in [3.63, 3.8) is 0 Å². The molecule has 0 bridgehead atoms. The second-order valence-corrected chi connectivity index (χ2v) is 8.58. The van der Waals surface area contributed by atoms with Crippen LogP contribution in [0.15, 0.2) is 24.3 Å². The van der Waals surface area contributed by atoms with Gasteiger partial charge < -0.3 is 20.0 Å². The molecule has 0 unspecified atom stereocenters. The topological polar surface area (TPSA) is 42.1 Å². The number of urea groups is 1. The van der Waals surface area contributed by atoms with Crippen LogP contribution in [0.4, 0.5) is 4.79 Å². The zero-order chi connectivity index (χ0) is 19.4. The van der Waals surface area contributed by atoms with Crippen LogP contribution >= 0.6 is 0 Å².